The largest absolute Gasteiger partial charge is 0.481 e. The van der Waals surface area contributed by atoms with Crippen molar-refractivity contribution in [3.05, 3.63) is 58.6 Å². The molecule has 0 aliphatic rings. The van der Waals surface area contributed by atoms with Crippen molar-refractivity contribution in [3.63, 3.8) is 0 Å². The summed E-state index contributed by atoms with van der Waals surface area (Å²) in [6, 6.07) is 8.35. The normalized spacial score (nSPS) is 12.3. The second-order valence-corrected chi connectivity index (χ2v) is 5.74. The topological polar surface area (TPSA) is 81.4 Å². The Balaban J connectivity index is 2.08. The molecule has 3 N–H and O–H groups in total. The van der Waals surface area contributed by atoms with Crippen LogP contribution in [0.4, 0.5) is 18.9 Å². The molecule has 0 spiro atoms. The van der Waals surface area contributed by atoms with E-state index in [1.54, 1.807) is 0 Å². The molecule has 5 nitrogen and oxygen atoms in total. The molecule has 0 saturated heterocycles. The fraction of sp³-hybridized carbons (Fsp3) is 0.176. The number of halogens is 4. The van der Waals surface area contributed by atoms with Gasteiger partial charge in [0.15, 0.2) is 6.10 Å². The number of carbonyl (C=O) groups excluding carboxylic acids is 2. The van der Waals surface area contributed by atoms with Crippen molar-refractivity contribution in [3.8, 4) is 5.75 Å². The third kappa shape index (κ3) is 4.89. The molecule has 0 bridgehead atoms. The number of anilines is 1. The van der Waals surface area contributed by atoms with Gasteiger partial charge in [0.25, 0.3) is 5.91 Å². The molecule has 1 unspecified atom stereocenters. The van der Waals surface area contributed by atoms with E-state index in [-0.39, 0.29) is 22.0 Å². The molecule has 0 heterocycles. The summed E-state index contributed by atoms with van der Waals surface area (Å²) in [6.45, 7) is 1.42. The number of nitrogens with one attached hydrogen (secondary N) is 1. The van der Waals surface area contributed by atoms with E-state index in [1.165, 1.54) is 31.2 Å². The van der Waals surface area contributed by atoms with Crippen LogP contribution in [0.2, 0.25) is 5.02 Å². The van der Waals surface area contributed by atoms with Gasteiger partial charge < -0.3 is 15.8 Å². The lowest BCUT2D eigenvalue weighted by Crippen LogP contribution is -2.30. The number of rotatable bonds is 5. The molecule has 1 atom stereocenters. The van der Waals surface area contributed by atoms with Gasteiger partial charge in [0.1, 0.15) is 5.75 Å². The molecule has 138 valence electrons. The van der Waals surface area contributed by atoms with Crippen LogP contribution in [0.3, 0.4) is 0 Å². The van der Waals surface area contributed by atoms with Gasteiger partial charge in [-0.05, 0) is 49.4 Å². The number of nitrogens with two attached hydrogens (primary N) is 1. The van der Waals surface area contributed by atoms with Crippen LogP contribution in [0, 0.1) is 0 Å². The Kier molecular flexibility index (Phi) is 5.76. The summed E-state index contributed by atoms with van der Waals surface area (Å²) in [5, 5.41) is 2.26. The average Bonchev–Trinajstić information content (AvgIpc) is 2.56. The molecule has 0 fully saturated rings. The Morgan fingerprint density at radius 1 is 1.15 bits per heavy atom. The van der Waals surface area contributed by atoms with Crippen molar-refractivity contribution in [1.29, 1.82) is 0 Å². The van der Waals surface area contributed by atoms with Gasteiger partial charge in [0.05, 0.1) is 16.3 Å². The van der Waals surface area contributed by atoms with Crippen molar-refractivity contribution >= 4 is 29.1 Å². The monoisotopic (exact) mass is 386 g/mol. The summed E-state index contributed by atoms with van der Waals surface area (Å²) in [5.74, 6) is -1.01. The van der Waals surface area contributed by atoms with E-state index in [9.17, 15) is 22.8 Å². The number of ether oxygens (including phenoxy) is 1. The van der Waals surface area contributed by atoms with Crippen molar-refractivity contribution in [2.75, 3.05) is 5.32 Å². The average molecular weight is 387 g/mol. The van der Waals surface area contributed by atoms with Gasteiger partial charge in [-0.15, -0.1) is 0 Å². The lowest BCUT2D eigenvalue weighted by Gasteiger charge is -2.16. The van der Waals surface area contributed by atoms with Gasteiger partial charge in [-0.2, -0.15) is 13.2 Å². The fourth-order valence-corrected chi connectivity index (χ4v) is 2.15. The van der Waals surface area contributed by atoms with Crippen LogP contribution in [0.25, 0.3) is 0 Å². The van der Waals surface area contributed by atoms with Gasteiger partial charge >= 0.3 is 6.18 Å². The minimum absolute atomic E-state index is 0.0376. The molecule has 0 aliphatic heterocycles. The molecule has 9 heteroatoms. The maximum Gasteiger partial charge on any atom is 0.416 e. The fourth-order valence-electron chi connectivity index (χ4n) is 1.99. The van der Waals surface area contributed by atoms with Gasteiger partial charge in [0, 0.05) is 5.56 Å². The Bertz CT molecular complexity index is 823. The zero-order valence-electron chi connectivity index (χ0n) is 13.4. The molecule has 2 aromatic rings. The molecule has 0 aliphatic carbocycles. The van der Waals surface area contributed by atoms with Gasteiger partial charge in [0.2, 0.25) is 5.91 Å². The minimum atomic E-state index is -4.56. The number of hydrogen-bond donors (Lipinski definition) is 2. The van der Waals surface area contributed by atoms with Crippen LogP contribution in [-0.2, 0) is 11.0 Å². The van der Waals surface area contributed by atoms with Gasteiger partial charge in [-0.1, -0.05) is 11.6 Å². The second kappa shape index (κ2) is 7.65. The molecule has 0 aromatic heterocycles. The Morgan fingerprint density at radius 3 is 2.31 bits per heavy atom. The number of benzene rings is 2. The maximum atomic E-state index is 12.8. The molecule has 2 rings (SSSR count). The highest BCUT2D eigenvalue weighted by Gasteiger charge is 2.31. The van der Waals surface area contributed by atoms with Crippen LogP contribution in [0.15, 0.2) is 42.5 Å². The highest BCUT2D eigenvalue weighted by Crippen LogP contribution is 2.33. The molecule has 2 aromatic carbocycles. The maximum absolute atomic E-state index is 12.8. The lowest BCUT2D eigenvalue weighted by molar-refractivity contribution is -0.137. The summed E-state index contributed by atoms with van der Waals surface area (Å²) < 4.78 is 43.7. The lowest BCUT2D eigenvalue weighted by atomic mass is 10.2. The Hall–Kier alpha value is -2.74. The zero-order valence-corrected chi connectivity index (χ0v) is 14.2. The number of amides is 2. The smallest absolute Gasteiger partial charge is 0.416 e. The standard InChI is InChI=1S/C17H14ClF3N2O3/c1-9(26-12-5-2-10(3-6-12)15(22)24)16(25)23-14-8-11(17(19,20)21)4-7-13(14)18/h2-9H,1H3,(H2,22,24)(H,23,25). The molecular formula is C17H14ClF3N2O3. The number of hydrogen-bond acceptors (Lipinski definition) is 3. The molecule has 2 amide bonds. The number of alkyl halides is 3. The summed E-state index contributed by atoms with van der Waals surface area (Å²) in [5.41, 5.74) is 4.28. The first-order valence-electron chi connectivity index (χ1n) is 7.32. The van der Waals surface area contributed by atoms with Crippen LogP contribution in [-0.4, -0.2) is 17.9 Å². The van der Waals surface area contributed by atoms with Crippen LogP contribution >= 0.6 is 11.6 Å². The van der Waals surface area contributed by atoms with Crippen molar-refractivity contribution in [1.82, 2.24) is 0 Å². The Labute approximate surface area is 151 Å². The number of primary amides is 1. The molecular weight excluding hydrogens is 373 g/mol. The first kappa shape index (κ1) is 19.6. The predicted molar refractivity (Wildman–Crippen MR) is 90.1 cm³/mol. The van der Waals surface area contributed by atoms with Crippen LogP contribution in [0.5, 0.6) is 5.75 Å². The first-order valence-corrected chi connectivity index (χ1v) is 7.70. The first-order chi connectivity index (χ1) is 12.1. The number of carbonyl (C=O) groups is 2. The summed E-state index contributed by atoms with van der Waals surface area (Å²) in [4.78, 5) is 23.2. The zero-order chi connectivity index (χ0) is 19.5. The van der Waals surface area contributed by atoms with E-state index in [0.717, 1.165) is 18.2 Å². The summed E-state index contributed by atoms with van der Waals surface area (Å²) in [6.07, 6.45) is -5.59. The Morgan fingerprint density at radius 2 is 1.77 bits per heavy atom. The molecule has 26 heavy (non-hydrogen) atoms. The van der Waals surface area contributed by atoms with E-state index >= 15 is 0 Å². The van der Waals surface area contributed by atoms with E-state index in [2.05, 4.69) is 5.32 Å². The highest BCUT2D eigenvalue weighted by molar-refractivity contribution is 6.33. The summed E-state index contributed by atoms with van der Waals surface area (Å²) in [7, 11) is 0. The van der Waals surface area contributed by atoms with Crippen molar-refractivity contribution in [2.45, 2.75) is 19.2 Å². The van der Waals surface area contributed by atoms with Crippen molar-refractivity contribution < 1.29 is 27.5 Å². The van der Waals surface area contributed by atoms with Gasteiger partial charge in [-0.3, -0.25) is 9.59 Å². The SMILES string of the molecule is CC(Oc1ccc(C(N)=O)cc1)C(=O)Nc1cc(C(F)(F)F)ccc1Cl. The van der Waals surface area contributed by atoms with Gasteiger partial charge in [-0.25, -0.2) is 0 Å². The van der Waals surface area contributed by atoms with E-state index in [0.29, 0.717) is 0 Å². The summed E-state index contributed by atoms with van der Waals surface area (Å²) >= 11 is 5.84. The van der Waals surface area contributed by atoms with Crippen molar-refractivity contribution in [2.24, 2.45) is 5.73 Å². The highest BCUT2D eigenvalue weighted by atomic mass is 35.5. The third-order valence-corrected chi connectivity index (χ3v) is 3.70. The minimum Gasteiger partial charge on any atom is -0.481 e. The van der Waals surface area contributed by atoms with Crippen LogP contribution < -0.4 is 15.8 Å². The van der Waals surface area contributed by atoms with E-state index in [1.807, 2.05) is 0 Å². The third-order valence-electron chi connectivity index (χ3n) is 3.37. The predicted octanol–water partition coefficient (Wildman–Crippen LogP) is 3.86. The van der Waals surface area contributed by atoms with Crippen LogP contribution in [0.1, 0.15) is 22.8 Å². The molecule has 0 saturated carbocycles. The quantitative estimate of drug-likeness (QED) is 0.818. The second-order valence-electron chi connectivity index (χ2n) is 5.33. The molecule has 0 radical (unpaired) electrons. The van der Waals surface area contributed by atoms with E-state index < -0.39 is 29.7 Å². The van der Waals surface area contributed by atoms with E-state index in [4.69, 9.17) is 22.1 Å².